The molecule has 4 nitrogen and oxygen atoms in total. The molecule has 1 rings (SSSR count). The van der Waals surface area contributed by atoms with Gasteiger partial charge in [0.2, 0.25) is 0 Å². The van der Waals surface area contributed by atoms with E-state index in [4.69, 9.17) is 4.74 Å². The SMILES string of the molecule is C=Cc1ccc(S(=O)(=O)OCOCC)cc1. The van der Waals surface area contributed by atoms with Crippen molar-refractivity contribution >= 4 is 16.2 Å². The maximum absolute atomic E-state index is 11.6. The molecule has 0 aliphatic rings. The van der Waals surface area contributed by atoms with Crippen LogP contribution in [-0.2, 0) is 19.0 Å². The topological polar surface area (TPSA) is 52.6 Å². The second-order valence-electron chi connectivity index (χ2n) is 2.96. The molecule has 88 valence electrons. The van der Waals surface area contributed by atoms with E-state index in [1.54, 1.807) is 25.1 Å². The van der Waals surface area contributed by atoms with Crippen LogP contribution in [0.2, 0.25) is 0 Å². The molecule has 0 aliphatic carbocycles. The minimum absolute atomic E-state index is 0.109. The third-order valence-electron chi connectivity index (χ3n) is 1.90. The molecule has 5 heteroatoms. The number of benzene rings is 1. The van der Waals surface area contributed by atoms with E-state index in [1.165, 1.54) is 12.1 Å². The standard InChI is InChI=1S/C11H14O4S/c1-3-10-5-7-11(8-6-10)16(12,13)15-9-14-4-2/h3,5-8H,1,4,9H2,2H3. The summed E-state index contributed by atoms with van der Waals surface area (Å²) in [5.41, 5.74) is 0.851. The highest BCUT2D eigenvalue weighted by Crippen LogP contribution is 2.13. The van der Waals surface area contributed by atoms with Crippen molar-refractivity contribution in [2.45, 2.75) is 11.8 Å². The van der Waals surface area contributed by atoms with Gasteiger partial charge in [0, 0.05) is 6.61 Å². The van der Waals surface area contributed by atoms with Crippen molar-refractivity contribution in [3.63, 3.8) is 0 Å². The Morgan fingerprint density at radius 3 is 2.44 bits per heavy atom. The Kier molecular flexibility index (Phi) is 4.67. The van der Waals surface area contributed by atoms with Crippen molar-refractivity contribution in [1.29, 1.82) is 0 Å². The monoisotopic (exact) mass is 242 g/mol. The van der Waals surface area contributed by atoms with Gasteiger partial charge in [0.25, 0.3) is 10.1 Å². The fourth-order valence-electron chi connectivity index (χ4n) is 1.02. The molecule has 1 aromatic rings. The van der Waals surface area contributed by atoms with Crippen LogP contribution in [0, 0.1) is 0 Å². The van der Waals surface area contributed by atoms with Crippen LogP contribution < -0.4 is 0 Å². The van der Waals surface area contributed by atoms with Gasteiger partial charge < -0.3 is 4.74 Å². The maximum atomic E-state index is 11.6. The molecule has 0 amide bonds. The number of hydrogen-bond acceptors (Lipinski definition) is 4. The third kappa shape index (κ3) is 3.44. The minimum Gasteiger partial charge on any atom is -0.354 e. The number of rotatable bonds is 6. The molecule has 0 saturated carbocycles. The summed E-state index contributed by atoms with van der Waals surface area (Å²) < 4.78 is 32.6. The first kappa shape index (κ1) is 12.9. The fraction of sp³-hybridized carbons (Fsp3) is 0.273. The van der Waals surface area contributed by atoms with Crippen molar-refractivity contribution in [2.75, 3.05) is 13.4 Å². The fourth-order valence-corrected chi connectivity index (χ4v) is 1.82. The van der Waals surface area contributed by atoms with Gasteiger partial charge in [0.1, 0.15) is 0 Å². The highest BCUT2D eigenvalue weighted by molar-refractivity contribution is 7.86. The molecular formula is C11H14O4S. The highest BCUT2D eigenvalue weighted by Gasteiger charge is 2.14. The van der Waals surface area contributed by atoms with Crippen molar-refractivity contribution in [1.82, 2.24) is 0 Å². The molecule has 0 atom stereocenters. The van der Waals surface area contributed by atoms with Crippen LogP contribution in [0.1, 0.15) is 12.5 Å². The largest absolute Gasteiger partial charge is 0.354 e. The van der Waals surface area contributed by atoms with E-state index in [0.717, 1.165) is 5.56 Å². The van der Waals surface area contributed by atoms with E-state index in [1.807, 2.05) is 0 Å². The first-order valence-corrected chi connectivity index (χ1v) is 6.20. The van der Waals surface area contributed by atoms with Gasteiger partial charge in [-0.2, -0.15) is 8.42 Å². The zero-order chi connectivity index (χ0) is 12.0. The number of ether oxygens (including phenoxy) is 1. The second-order valence-corrected chi connectivity index (χ2v) is 4.57. The Labute approximate surface area is 95.6 Å². The molecule has 0 N–H and O–H groups in total. The molecule has 0 radical (unpaired) electrons. The second kappa shape index (κ2) is 5.79. The smallest absolute Gasteiger partial charge is 0.299 e. The summed E-state index contributed by atoms with van der Waals surface area (Å²) in [6, 6.07) is 6.25. The van der Waals surface area contributed by atoms with Gasteiger partial charge in [-0.3, -0.25) is 0 Å². The van der Waals surface area contributed by atoms with Crippen molar-refractivity contribution < 1.29 is 17.3 Å². The molecule has 0 aliphatic heterocycles. The van der Waals surface area contributed by atoms with Gasteiger partial charge in [-0.15, -0.1) is 0 Å². The van der Waals surface area contributed by atoms with Gasteiger partial charge >= 0.3 is 0 Å². The Balaban J connectivity index is 2.77. The van der Waals surface area contributed by atoms with Crippen LogP contribution >= 0.6 is 0 Å². The van der Waals surface area contributed by atoms with Crippen LogP contribution in [0.5, 0.6) is 0 Å². The van der Waals surface area contributed by atoms with Crippen LogP contribution in [0.3, 0.4) is 0 Å². The predicted octanol–water partition coefficient (Wildman–Crippen LogP) is 2.03. The lowest BCUT2D eigenvalue weighted by molar-refractivity contribution is 0.0267. The van der Waals surface area contributed by atoms with Gasteiger partial charge in [0.15, 0.2) is 6.79 Å². The lowest BCUT2D eigenvalue weighted by Crippen LogP contribution is -2.09. The molecule has 0 fully saturated rings. The molecule has 16 heavy (non-hydrogen) atoms. The Bertz CT molecular complexity index is 434. The first-order valence-electron chi connectivity index (χ1n) is 4.80. The van der Waals surface area contributed by atoms with Crippen molar-refractivity contribution in [3.05, 3.63) is 36.4 Å². The molecular weight excluding hydrogens is 228 g/mol. The highest BCUT2D eigenvalue weighted by atomic mass is 32.2. The van der Waals surface area contributed by atoms with Gasteiger partial charge in [-0.1, -0.05) is 24.8 Å². The number of hydrogen-bond donors (Lipinski definition) is 0. The summed E-state index contributed by atoms with van der Waals surface area (Å²) in [6.45, 7) is 5.49. The van der Waals surface area contributed by atoms with Crippen molar-refractivity contribution in [2.24, 2.45) is 0 Å². The summed E-state index contributed by atoms with van der Waals surface area (Å²) in [4.78, 5) is 0.109. The summed E-state index contributed by atoms with van der Waals surface area (Å²) in [5, 5.41) is 0. The van der Waals surface area contributed by atoms with Crippen LogP contribution in [0.25, 0.3) is 6.08 Å². The lowest BCUT2D eigenvalue weighted by Gasteiger charge is -2.05. The first-order chi connectivity index (χ1) is 7.60. The molecule has 0 heterocycles. The summed E-state index contributed by atoms with van der Waals surface area (Å²) in [7, 11) is -3.72. The minimum atomic E-state index is -3.72. The van der Waals surface area contributed by atoms with Crippen LogP contribution in [0.15, 0.2) is 35.7 Å². The Hall–Kier alpha value is -1.17. The van der Waals surface area contributed by atoms with E-state index in [9.17, 15) is 8.42 Å². The summed E-state index contributed by atoms with van der Waals surface area (Å²) in [6.07, 6.45) is 1.64. The van der Waals surface area contributed by atoms with E-state index >= 15 is 0 Å². The normalized spacial score (nSPS) is 11.3. The van der Waals surface area contributed by atoms with Crippen LogP contribution in [0.4, 0.5) is 0 Å². The molecule has 0 aromatic heterocycles. The van der Waals surface area contributed by atoms with Gasteiger partial charge in [0.05, 0.1) is 4.90 Å². The Morgan fingerprint density at radius 1 is 1.31 bits per heavy atom. The predicted molar refractivity (Wildman–Crippen MR) is 61.3 cm³/mol. The van der Waals surface area contributed by atoms with Gasteiger partial charge in [-0.05, 0) is 24.6 Å². The van der Waals surface area contributed by atoms with Crippen LogP contribution in [-0.4, -0.2) is 21.8 Å². The average Bonchev–Trinajstić information content (AvgIpc) is 2.29. The third-order valence-corrected chi connectivity index (χ3v) is 3.15. The lowest BCUT2D eigenvalue weighted by atomic mass is 10.2. The zero-order valence-corrected chi connectivity index (χ0v) is 9.87. The van der Waals surface area contributed by atoms with Crippen molar-refractivity contribution in [3.8, 4) is 0 Å². The molecule has 0 saturated heterocycles. The van der Waals surface area contributed by atoms with E-state index in [0.29, 0.717) is 6.61 Å². The molecule has 0 spiro atoms. The van der Waals surface area contributed by atoms with Gasteiger partial charge in [-0.25, -0.2) is 4.18 Å². The zero-order valence-electron chi connectivity index (χ0n) is 9.05. The maximum Gasteiger partial charge on any atom is 0.299 e. The Morgan fingerprint density at radius 2 is 1.94 bits per heavy atom. The quantitative estimate of drug-likeness (QED) is 0.435. The summed E-state index contributed by atoms with van der Waals surface area (Å²) >= 11 is 0. The average molecular weight is 242 g/mol. The molecule has 1 aromatic carbocycles. The summed E-state index contributed by atoms with van der Waals surface area (Å²) in [5.74, 6) is 0. The molecule has 0 unspecified atom stereocenters. The molecule has 0 bridgehead atoms. The van der Waals surface area contributed by atoms with E-state index in [-0.39, 0.29) is 11.7 Å². The van der Waals surface area contributed by atoms with E-state index in [2.05, 4.69) is 10.8 Å². The van der Waals surface area contributed by atoms with E-state index < -0.39 is 10.1 Å².